The Kier molecular flexibility index (Phi) is 7.77. The molecule has 1 aliphatic heterocycles. The number of nitrogens with one attached hydrogen (secondary N) is 1. The minimum atomic E-state index is -1.37. The van der Waals surface area contributed by atoms with E-state index >= 15 is 0 Å². The first-order chi connectivity index (χ1) is 17.6. The molecule has 3 aromatic rings. The number of hydrogen-bond donors (Lipinski definition) is 2. The lowest BCUT2D eigenvalue weighted by molar-refractivity contribution is -0.139. The van der Waals surface area contributed by atoms with Crippen LogP contribution in [0.3, 0.4) is 0 Å². The summed E-state index contributed by atoms with van der Waals surface area (Å²) in [6.07, 6.45) is -0.135. The fourth-order valence-electron chi connectivity index (χ4n) is 4.31. The van der Waals surface area contributed by atoms with E-state index in [1.165, 1.54) is 16.1 Å². The number of amides is 2. The van der Waals surface area contributed by atoms with Gasteiger partial charge in [0, 0.05) is 19.0 Å². The van der Waals surface area contributed by atoms with Crippen molar-refractivity contribution >= 4 is 17.6 Å². The van der Waals surface area contributed by atoms with Crippen LogP contribution in [0.5, 0.6) is 0 Å². The zero-order valence-electron chi connectivity index (χ0n) is 20.9. The lowest BCUT2D eigenvalue weighted by Gasteiger charge is -2.26. The molecule has 0 unspecified atom stereocenters. The second-order valence-corrected chi connectivity index (χ2v) is 9.36. The molecule has 0 aliphatic carbocycles. The number of aromatic nitrogens is 4. The summed E-state index contributed by atoms with van der Waals surface area (Å²) in [6.45, 7) is 3.22. The normalized spacial score (nSPS) is 18.2. The number of halogens is 2. The number of nitrogens with two attached hydrogens (primary N) is 1. The molecule has 2 amide bonds. The molecule has 1 aromatic carbocycles. The summed E-state index contributed by atoms with van der Waals surface area (Å²) in [7, 11) is 1.57. The Morgan fingerprint density at radius 1 is 1.22 bits per heavy atom. The Balaban J connectivity index is 1.56. The fraction of sp³-hybridized carbons (Fsp3) is 0.400. The predicted molar refractivity (Wildman–Crippen MR) is 132 cm³/mol. The highest BCUT2D eigenvalue weighted by atomic mass is 19.1. The van der Waals surface area contributed by atoms with E-state index in [0.717, 1.165) is 4.80 Å². The van der Waals surface area contributed by atoms with Gasteiger partial charge in [-0.15, -0.1) is 5.10 Å². The van der Waals surface area contributed by atoms with Gasteiger partial charge in [-0.05, 0) is 17.5 Å². The van der Waals surface area contributed by atoms with Crippen LogP contribution < -0.4 is 16.2 Å². The molecule has 2 aromatic heterocycles. The van der Waals surface area contributed by atoms with Gasteiger partial charge in [0.15, 0.2) is 5.82 Å². The number of hydrogen-bond acceptors (Lipinski definition) is 7. The minimum Gasteiger partial charge on any atom is -0.342 e. The van der Waals surface area contributed by atoms with E-state index in [0.29, 0.717) is 22.6 Å². The molecule has 0 radical (unpaired) electrons. The van der Waals surface area contributed by atoms with Crippen molar-refractivity contribution in [1.82, 2.24) is 30.2 Å². The maximum absolute atomic E-state index is 14.7. The summed E-state index contributed by atoms with van der Waals surface area (Å²) < 4.78 is 29.2. The second kappa shape index (κ2) is 11.0. The number of pyridine rings is 1. The van der Waals surface area contributed by atoms with Crippen molar-refractivity contribution in [3.63, 3.8) is 0 Å². The summed E-state index contributed by atoms with van der Waals surface area (Å²) in [5.41, 5.74) is 1.44. The van der Waals surface area contributed by atoms with Crippen LogP contribution in [0.25, 0.3) is 0 Å². The molecule has 0 bridgehead atoms. The van der Waals surface area contributed by atoms with Gasteiger partial charge in [0.2, 0.25) is 17.8 Å². The lowest BCUT2D eigenvalue weighted by atomic mass is 9.99. The van der Waals surface area contributed by atoms with Crippen LogP contribution in [0.2, 0.25) is 0 Å². The maximum atomic E-state index is 14.7. The van der Waals surface area contributed by atoms with E-state index in [1.807, 2.05) is 19.9 Å². The van der Waals surface area contributed by atoms with Crippen LogP contribution in [0, 0.1) is 5.95 Å². The van der Waals surface area contributed by atoms with Crippen LogP contribution in [0.4, 0.5) is 14.6 Å². The van der Waals surface area contributed by atoms with Crippen molar-refractivity contribution < 1.29 is 18.4 Å². The van der Waals surface area contributed by atoms with Gasteiger partial charge in [-0.2, -0.15) is 14.3 Å². The first kappa shape index (κ1) is 26.1. The van der Waals surface area contributed by atoms with E-state index in [-0.39, 0.29) is 25.4 Å². The van der Waals surface area contributed by atoms with Crippen LogP contribution >= 0.6 is 0 Å². The molecule has 37 heavy (non-hydrogen) atoms. The number of alkyl halides is 1. The number of anilines is 1. The molecule has 4 rings (SSSR count). The Bertz CT molecular complexity index is 1250. The molecule has 10 nitrogen and oxygen atoms in total. The van der Waals surface area contributed by atoms with Gasteiger partial charge in [-0.1, -0.05) is 50.2 Å². The smallest absolute Gasteiger partial charge is 0.246 e. The highest BCUT2D eigenvalue weighted by Crippen LogP contribution is 2.27. The van der Waals surface area contributed by atoms with Gasteiger partial charge in [0.25, 0.3) is 0 Å². The Hall–Kier alpha value is -3.93. The van der Waals surface area contributed by atoms with Crippen molar-refractivity contribution in [1.29, 1.82) is 0 Å². The highest BCUT2D eigenvalue weighted by molar-refractivity contribution is 5.88. The first-order valence-electron chi connectivity index (χ1n) is 12.0. The molecule has 0 spiro atoms. The predicted octanol–water partition coefficient (Wildman–Crippen LogP) is 2.09. The molecule has 1 aliphatic rings. The van der Waals surface area contributed by atoms with Crippen LogP contribution in [-0.4, -0.2) is 62.5 Å². The Morgan fingerprint density at radius 3 is 2.57 bits per heavy atom. The van der Waals surface area contributed by atoms with Gasteiger partial charge in [0.05, 0.1) is 24.5 Å². The molecule has 3 heterocycles. The molecular weight excluding hydrogens is 482 g/mol. The van der Waals surface area contributed by atoms with Gasteiger partial charge in [0.1, 0.15) is 18.8 Å². The molecule has 3 N–H and O–H groups in total. The summed E-state index contributed by atoms with van der Waals surface area (Å²) in [5.74, 6) is 4.23. The molecule has 196 valence electrons. The molecule has 0 saturated carbocycles. The second-order valence-electron chi connectivity index (χ2n) is 9.36. The highest BCUT2D eigenvalue weighted by Gasteiger charge is 2.41. The summed E-state index contributed by atoms with van der Waals surface area (Å²) in [4.78, 5) is 32.9. The average Bonchev–Trinajstić information content (AvgIpc) is 3.49. The SMILES string of the molecule is CC(C)c1ccc([C@@H](NC(=O)[C@@H]2C[C@@H](F)CN2C(=O)Cn2ncc(N(C)N)n2)c2ccccc2)nc1F. The minimum absolute atomic E-state index is 0.0588. The summed E-state index contributed by atoms with van der Waals surface area (Å²) in [6, 6.07) is 10.4. The lowest BCUT2D eigenvalue weighted by Crippen LogP contribution is -2.48. The summed E-state index contributed by atoms with van der Waals surface area (Å²) in [5, 5.41) is 12.2. The first-order valence-corrected chi connectivity index (χ1v) is 12.0. The van der Waals surface area contributed by atoms with E-state index in [1.54, 1.807) is 43.4 Å². The van der Waals surface area contributed by atoms with Crippen molar-refractivity contribution in [3.05, 3.63) is 71.4 Å². The molecule has 1 fully saturated rings. The average molecular weight is 513 g/mol. The third-order valence-electron chi connectivity index (χ3n) is 6.27. The zero-order valence-corrected chi connectivity index (χ0v) is 20.9. The largest absolute Gasteiger partial charge is 0.342 e. The molecule has 12 heteroatoms. The Morgan fingerprint density at radius 2 is 1.95 bits per heavy atom. The van der Waals surface area contributed by atoms with Crippen molar-refractivity contribution in [3.8, 4) is 0 Å². The molecular formula is C25H30F2N8O2. The quantitative estimate of drug-likeness (QED) is 0.269. The topological polar surface area (TPSA) is 122 Å². The number of carbonyl (C=O) groups is 2. The number of hydrazine groups is 1. The van der Waals surface area contributed by atoms with E-state index in [2.05, 4.69) is 20.5 Å². The third kappa shape index (κ3) is 5.91. The number of carbonyl (C=O) groups excluding carboxylic acids is 2. The fourth-order valence-corrected chi connectivity index (χ4v) is 4.31. The van der Waals surface area contributed by atoms with E-state index in [4.69, 9.17) is 5.84 Å². The van der Waals surface area contributed by atoms with Crippen molar-refractivity contribution in [2.24, 2.45) is 5.84 Å². The zero-order chi connectivity index (χ0) is 26.7. The number of benzene rings is 1. The van der Waals surface area contributed by atoms with Gasteiger partial charge < -0.3 is 10.2 Å². The van der Waals surface area contributed by atoms with Crippen molar-refractivity contribution in [2.75, 3.05) is 18.6 Å². The summed E-state index contributed by atoms with van der Waals surface area (Å²) >= 11 is 0. The molecule has 1 saturated heterocycles. The van der Waals surface area contributed by atoms with Gasteiger partial charge in [-0.25, -0.2) is 15.2 Å². The number of likely N-dealkylation sites (tertiary alicyclic amines) is 1. The third-order valence-corrected chi connectivity index (χ3v) is 6.27. The standard InChI is InChI=1S/C25H30F2N8O2/c1-15(2)18-9-10-19(30-24(18)27)23(16-7-5-4-6-8-16)31-25(37)20-11-17(26)13-34(20)22(36)14-35-29-12-21(32-35)33(3)28/h4-10,12,15,17,20,23H,11,13-14,28H2,1-3H3,(H,31,37)/t17-,20+,23+/m1/s1. The van der Waals surface area contributed by atoms with E-state index in [9.17, 15) is 18.4 Å². The molecule has 3 atom stereocenters. The number of rotatable bonds is 8. The van der Waals surface area contributed by atoms with E-state index < -0.39 is 36.0 Å². The maximum Gasteiger partial charge on any atom is 0.246 e. The van der Waals surface area contributed by atoms with Crippen molar-refractivity contribution in [2.45, 2.75) is 51.0 Å². The Labute approximate surface area is 213 Å². The van der Waals surface area contributed by atoms with Gasteiger partial charge in [-0.3, -0.25) is 14.6 Å². The monoisotopic (exact) mass is 512 g/mol. The van der Waals surface area contributed by atoms with Crippen LogP contribution in [0.1, 0.15) is 49.0 Å². The number of nitrogens with zero attached hydrogens (tertiary/aromatic N) is 6. The van der Waals surface area contributed by atoms with Crippen LogP contribution in [-0.2, 0) is 16.1 Å². The van der Waals surface area contributed by atoms with Crippen LogP contribution in [0.15, 0.2) is 48.7 Å². The van der Waals surface area contributed by atoms with Gasteiger partial charge >= 0.3 is 0 Å².